The van der Waals surface area contributed by atoms with Crippen molar-refractivity contribution in [3.8, 4) is 0 Å². The van der Waals surface area contributed by atoms with Crippen molar-refractivity contribution in [2.24, 2.45) is 11.3 Å². The Morgan fingerprint density at radius 1 is 1.53 bits per heavy atom. The summed E-state index contributed by atoms with van der Waals surface area (Å²) >= 11 is 6.37. The van der Waals surface area contributed by atoms with E-state index in [0.29, 0.717) is 11.4 Å². The molecule has 1 N–H and O–H groups in total. The number of aromatic nitrogens is 2. The largest absolute Gasteiger partial charge is 0.481 e. The van der Waals surface area contributed by atoms with Crippen molar-refractivity contribution < 1.29 is 9.90 Å². The second kappa shape index (κ2) is 5.16. The van der Waals surface area contributed by atoms with E-state index in [2.05, 4.69) is 5.10 Å². The third kappa shape index (κ3) is 2.50. The van der Waals surface area contributed by atoms with Crippen molar-refractivity contribution in [1.29, 1.82) is 0 Å². The van der Waals surface area contributed by atoms with Crippen LogP contribution in [0.1, 0.15) is 45.0 Å². The first-order valence-electron chi connectivity index (χ1n) is 6.91. The summed E-state index contributed by atoms with van der Waals surface area (Å²) in [4.78, 5) is 11.6. The number of carboxylic acid groups (broad SMARTS) is 1. The van der Waals surface area contributed by atoms with Crippen LogP contribution in [0.15, 0.2) is 0 Å². The summed E-state index contributed by atoms with van der Waals surface area (Å²) in [6, 6.07) is 0. The van der Waals surface area contributed by atoms with Crippen LogP contribution in [0.4, 0.5) is 0 Å². The van der Waals surface area contributed by atoms with Gasteiger partial charge in [0.15, 0.2) is 0 Å². The lowest BCUT2D eigenvalue weighted by Gasteiger charge is -2.25. The number of aryl methyl sites for hydroxylation is 2. The Kier molecular flexibility index (Phi) is 3.90. The molecule has 19 heavy (non-hydrogen) atoms. The van der Waals surface area contributed by atoms with Gasteiger partial charge in [-0.3, -0.25) is 9.48 Å². The SMILES string of the molecule is CCc1nn(CC)c(CC(C)(C(=O)O)C2CC2)c1Cl. The molecule has 1 heterocycles. The predicted octanol–water partition coefficient (Wildman–Crippen LogP) is 3.16. The topological polar surface area (TPSA) is 55.1 Å². The molecule has 0 aromatic carbocycles. The van der Waals surface area contributed by atoms with Crippen molar-refractivity contribution >= 4 is 17.6 Å². The first kappa shape index (κ1) is 14.4. The van der Waals surface area contributed by atoms with Gasteiger partial charge in [0.25, 0.3) is 0 Å². The highest BCUT2D eigenvalue weighted by Gasteiger charge is 2.48. The summed E-state index contributed by atoms with van der Waals surface area (Å²) in [5.41, 5.74) is 1.02. The molecule has 0 aliphatic heterocycles. The summed E-state index contributed by atoms with van der Waals surface area (Å²) in [6.45, 7) is 6.56. The molecule has 1 aromatic heterocycles. The minimum atomic E-state index is -0.729. The maximum absolute atomic E-state index is 11.6. The van der Waals surface area contributed by atoms with E-state index in [9.17, 15) is 9.90 Å². The van der Waals surface area contributed by atoms with Crippen LogP contribution in [0.2, 0.25) is 5.02 Å². The van der Waals surface area contributed by atoms with Gasteiger partial charge in [0.05, 0.1) is 21.8 Å². The Bertz CT molecular complexity index is 494. The Morgan fingerprint density at radius 2 is 2.16 bits per heavy atom. The molecule has 0 radical (unpaired) electrons. The number of aliphatic carboxylic acids is 1. The van der Waals surface area contributed by atoms with Gasteiger partial charge in [0, 0.05) is 13.0 Å². The average molecular weight is 285 g/mol. The molecular weight excluding hydrogens is 264 g/mol. The lowest BCUT2D eigenvalue weighted by atomic mass is 9.80. The number of rotatable bonds is 6. The van der Waals surface area contributed by atoms with E-state index >= 15 is 0 Å². The first-order valence-corrected chi connectivity index (χ1v) is 7.29. The fraction of sp³-hybridized carbons (Fsp3) is 0.714. The van der Waals surface area contributed by atoms with Crippen molar-refractivity contribution in [3.63, 3.8) is 0 Å². The predicted molar refractivity (Wildman–Crippen MR) is 74.5 cm³/mol. The maximum Gasteiger partial charge on any atom is 0.310 e. The molecule has 1 fully saturated rings. The van der Waals surface area contributed by atoms with Gasteiger partial charge in [-0.25, -0.2) is 0 Å². The maximum atomic E-state index is 11.6. The molecule has 0 amide bonds. The molecule has 0 spiro atoms. The first-order chi connectivity index (χ1) is 8.93. The third-order valence-electron chi connectivity index (χ3n) is 4.20. The van der Waals surface area contributed by atoms with Gasteiger partial charge in [-0.1, -0.05) is 18.5 Å². The second-order valence-corrected chi connectivity index (χ2v) is 5.93. The van der Waals surface area contributed by atoms with Crippen LogP contribution in [0, 0.1) is 11.3 Å². The standard InChI is InChI=1S/C14H21ClN2O2/c1-4-10-12(15)11(17(5-2)16-10)8-14(3,13(18)19)9-6-7-9/h9H,4-8H2,1-3H3,(H,18,19). The molecule has 1 aromatic rings. The molecule has 0 bridgehead atoms. The number of hydrogen-bond donors (Lipinski definition) is 1. The highest BCUT2D eigenvalue weighted by atomic mass is 35.5. The fourth-order valence-electron chi connectivity index (χ4n) is 2.65. The number of hydrogen-bond acceptors (Lipinski definition) is 2. The van der Waals surface area contributed by atoms with Crippen LogP contribution in [-0.4, -0.2) is 20.9 Å². The molecule has 2 rings (SSSR count). The third-order valence-corrected chi connectivity index (χ3v) is 4.63. The number of carbonyl (C=O) groups is 1. The zero-order valence-corrected chi connectivity index (χ0v) is 12.5. The number of halogens is 1. The quantitative estimate of drug-likeness (QED) is 0.873. The van der Waals surface area contributed by atoms with E-state index in [0.717, 1.165) is 37.2 Å². The molecule has 106 valence electrons. The molecule has 1 unspecified atom stereocenters. The van der Waals surface area contributed by atoms with Gasteiger partial charge in [-0.05, 0) is 39.0 Å². The zero-order valence-electron chi connectivity index (χ0n) is 11.7. The molecule has 0 saturated heterocycles. The fourth-order valence-corrected chi connectivity index (χ4v) is 2.98. The van der Waals surface area contributed by atoms with Crippen molar-refractivity contribution in [2.75, 3.05) is 0 Å². The van der Waals surface area contributed by atoms with Gasteiger partial charge in [0.1, 0.15) is 0 Å². The lowest BCUT2D eigenvalue weighted by Crippen LogP contribution is -2.33. The number of nitrogens with zero attached hydrogens (tertiary/aromatic N) is 2. The normalized spacial score (nSPS) is 18.3. The lowest BCUT2D eigenvalue weighted by molar-refractivity contribution is -0.149. The van der Waals surface area contributed by atoms with E-state index < -0.39 is 11.4 Å². The second-order valence-electron chi connectivity index (χ2n) is 5.55. The van der Waals surface area contributed by atoms with Crippen LogP contribution in [0.3, 0.4) is 0 Å². The van der Waals surface area contributed by atoms with E-state index in [4.69, 9.17) is 11.6 Å². The van der Waals surface area contributed by atoms with Crippen molar-refractivity contribution in [1.82, 2.24) is 9.78 Å². The Labute approximate surface area is 118 Å². The Balaban J connectivity index is 2.36. The smallest absolute Gasteiger partial charge is 0.310 e. The highest BCUT2D eigenvalue weighted by Crippen LogP contribution is 2.48. The summed E-state index contributed by atoms with van der Waals surface area (Å²) in [5.74, 6) is -0.459. The number of carboxylic acids is 1. The molecule has 1 aliphatic rings. The molecule has 4 nitrogen and oxygen atoms in total. The highest BCUT2D eigenvalue weighted by molar-refractivity contribution is 6.31. The summed E-state index contributed by atoms with van der Waals surface area (Å²) in [5, 5.41) is 14.7. The Morgan fingerprint density at radius 3 is 2.58 bits per heavy atom. The molecule has 5 heteroatoms. The van der Waals surface area contributed by atoms with Gasteiger partial charge in [-0.15, -0.1) is 0 Å². The zero-order chi connectivity index (χ0) is 14.2. The van der Waals surface area contributed by atoms with E-state index in [1.165, 1.54) is 0 Å². The van der Waals surface area contributed by atoms with Crippen molar-refractivity contribution in [2.45, 2.75) is 53.0 Å². The van der Waals surface area contributed by atoms with Crippen LogP contribution in [0.5, 0.6) is 0 Å². The van der Waals surface area contributed by atoms with E-state index in [1.807, 2.05) is 25.5 Å². The molecule has 1 atom stereocenters. The van der Waals surface area contributed by atoms with E-state index in [1.54, 1.807) is 0 Å². The van der Waals surface area contributed by atoms with Crippen LogP contribution in [0.25, 0.3) is 0 Å². The van der Waals surface area contributed by atoms with Gasteiger partial charge < -0.3 is 5.11 Å². The van der Waals surface area contributed by atoms with Crippen molar-refractivity contribution in [3.05, 3.63) is 16.4 Å². The summed E-state index contributed by atoms with van der Waals surface area (Å²) < 4.78 is 1.85. The summed E-state index contributed by atoms with van der Waals surface area (Å²) in [7, 11) is 0. The molecule has 1 aliphatic carbocycles. The monoisotopic (exact) mass is 284 g/mol. The average Bonchev–Trinajstić information content (AvgIpc) is 3.18. The van der Waals surface area contributed by atoms with Gasteiger partial charge in [0.2, 0.25) is 0 Å². The van der Waals surface area contributed by atoms with E-state index in [-0.39, 0.29) is 5.92 Å². The van der Waals surface area contributed by atoms with Crippen LogP contribution in [-0.2, 0) is 24.2 Å². The van der Waals surface area contributed by atoms with Gasteiger partial charge >= 0.3 is 5.97 Å². The van der Waals surface area contributed by atoms with Crippen LogP contribution < -0.4 is 0 Å². The Hall–Kier alpha value is -1.03. The van der Waals surface area contributed by atoms with Gasteiger partial charge in [-0.2, -0.15) is 5.10 Å². The minimum Gasteiger partial charge on any atom is -0.481 e. The summed E-state index contributed by atoms with van der Waals surface area (Å²) in [6.07, 6.45) is 3.24. The molecular formula is C14H21ClN2O2. The van der Waals surface area contributed by atoms with Crippen LogP contribution >= 0.6 is 11.6 Å². The molecule has 1 saturated carbocycles. The minimum absolute atomic E-state index is 0.270.